The van der Waals surface area contributed by atoms with Gasteiger partial charge >= 0.3 is 0 Å². The fraction of sp³-hybridized carbons (Fsp3) is 0.250. The van der Waals surface area contributed by atoms with Crippen molar-refractivity contribution in [3.63, 3.8) is 0 Å². The van der Waals surface area contributed by atoms with E-state index in [1.165, 1.54) is 30.5 Å². The monoisotopic (exact) mass is 379 g/mol. The van der Waals surface area contributed by atoms with E-state index in [4.69, 9.17) is 21.9 Å². The molecule has 1 aromatic carbocycles. The van der Waals surface area contributed by atoms with E-state index in [1.807, 2.05) is 0 Å². The zero-order valence-corrected chi connectivity index (χ0v) is 14.4. The Hall–Kier alpha value is -2.78. The maximum absolute atomic E-state index is 14.5. The van der Waals surface area contributed by atoms with Crippen LogP contribution in [0.4, 0.5) is 10.1 Å². The van der Waals surface area contributed by atoms with Gasteiger partial charge in [0.1, 0.15) is 12.6 Å². The number of nitrogen functional groups attached to an aromatic ring is 1. The van der Waals surface area contributed by atoms with E-state index in [9.17, 15) is 14.3 Å². The number of nitrogens with zero attached hydrogens (tertiary/aromatic N) is 4. The largest absolute Gasteiger partial charge is 0.397 e. The van der Waals surface area contributed by atoms with Crippen LogP contribution in [0.1, 0.15) is 35.1 Å². The van der Waals surface area contributed by atoms with Crippen LogP contribution in [0.5, 0.6) is 0 Å². The van der Waals surface area contributed by atoms with Gasteiger partial charge in [-0.15, -0.1) is 0 Å². The molecule has 0 aliphatic heterocycles. The van der Waals surface area contributed by atoms with Crippen LogP contribution >= 0.6 is 11.6 Å². The van der Waals surface area contributed by atoms with Gasteiger partial charge in [0.15, 0.2) is 6.17 Å². The predicted molar refractivity (Wildman–Crippen MR) is 91.3 cm³/mol. The topological polar surface area (TPSA) is 120 Å². The first-order valence-electron chi connectivity index (χ1n) is 7.59. The second-order valence-electron chi connectivity index (χ2n) is 5.63. The number of halogens is 2. The Bertz CT molecular complexity index is 973. The summed E-state index contributed by atoms with van der Waals surface area (Å²) < 4.78 is 20.5. The Labute approximate surface area is 152 Å². The van der Waals surface area contributed by atoms with Gasteiger partial charge in [0.2, 0.25) is 11.7 Å². The highest BCUT2D eigenvalue weighted by Crippen LogP contribution is 2.31. The molecule has 0 spiro atoms. The van der Waals surface area contributed by atoms with Crippen LogP contribution in [0.25, 0.3) is 0 Å². The minimum absolute atomic E-state index is 0.0234. The van der Waals surface area contributed by atoms with Crippen molar-refractivity contribution in [3.8, 4) is 0 Å². The number of anilines is 1. The Morgan fingerprint density at radius 3 is 2.77 bits per heavy atom. The minimum Gasteiger partial charge on any atom is -0.397 e. The van der Waals surface area contributed by atoms with Crippen molar-refractivity contribution in [3.05, 3.63) is 68.7 Å². The zero-order valence-electron chi connectivity index (χ0n) is 13.6. The van der Waals surface area contributed by atoms with E-state index in [1.54, 1.807) is 6.92 Å². The fourth-order valence-corrected chi connectivity index (χ4v) is 2.38. The van der Waals surface area contributed by atoms with Crippen LogP contribution in [0, 0.1) is 6.92 Å². The normalized spacial score (nSPS) is 13.5. The third-order valence-corrected chi connectivity index (χ3v) is 4.08. The van der Waals surface area contributed by atoms with Crippen molar-refractivity contribution < 1.29 is 14.0 Å². The molecule has 0 saturated carbocycles. The molecule has 3 rings (SSSR count). The second-order valence-corrected chi connectivity index (χ2v) is 6.07. The number of alkyl halides is 1. The lowest BCUT2D eigenvalue weighted by molar-refractivity contribution is 0.0708. The molecular weight excluding hydrogens is 365 g/mol. The van der Waals surface area contributed by atoms with Gasteiger partial charge in [0, 0.05) is 10.6 Å². The molecule has 3 N–H and O–H groups in total. The van der Waals surface area contributed by atoms with Crippen molar-refractivity contribution in [2.45, 2.75) is 25.7 Å². The molecule has 2 aromatic heterocycles. The van der Waals surface area contributed by atoms with Crippen LogP contribution in [-0.4, -0.2) is 25.0 Å². The van der Waals surface area contributed by atoms with E-state index in [0.717, 1.165) is 4.68 Å². The standard InChI is InChI=1S/C16H15ClFN5O3/c1-8-11(19)6-20-23(16(8)25)7-12-21-15(22-26-12)13(18)14(24)9-2-4-10(17)5-3-9/h2-6,13-14,24H,7,19H2,1H3/t13-,14-/m0/s1. The van der Waals surface area contributed by atoms with Crippen molar-refractivity contribution in [2.75, 3.05) is 5.73 Å². The van der Waals surface area contributed by atoms with Gasteiger partial charge in [-0.3, -0.25) is 4.79 Å². The molecule has 0 fully saturated rings. The number of benzene rings is 1. The van der Waals surface area contributed by atoms with E-state index >= 15 is 0 Å². The first-order chi connectivity index (χ1) is 12.4. The highest BCUT2D eigenvalue weighted by atomic mass is 35.5. The van der Waals surface area contributed by atoms with E-state index < -0.39 is 17.8 Å². The van der Waals surface area contributed by atoms with Crippen LogP contribution in [0.2, 0.25) is 5.02 Å². The van der Waals surface area contributed by atoms with Crippen molar-refractivity contribution in [1.82, 2.24) is 19.9 Å². The molecule has 10 heteroatoms. The summed E-state index contributed by atoms with van der Waals surface area (Å²) in [4.78, 5) is 16.0. The third-order valence-electron chi connectivity index (χ3n) is 3.83. The van der Waals surface area contributed by atoms with Gasteiger partial charge in [0.25, 0.3) is 5.56 Å². The minimum atomic E-state index is -1.91. The van der Waals surface area contributed by atoms with Crippen LogP contribution < -0.4 is 11.3 Å². The van der Waals surface area contributed by atoms with Crippen molar-refractivity contribution in [1.29, 1.82) is 0 Å². The summed E-state index contributed by atoms with van der Waals surface area (Å²) in [5.41, 5.74) is 6.12. The van der Waals surface area contributed by atoms with Crippen molar-refractivity contribution in [2.24, 2.45) is 0 Å². The van der Waals surface area contributed by atoms with Gasteiger partial charge in [-0.25, -0.2) is 9.07 Å². The molecular formula is C16H15ClFN5O3. The molecule has 2 heterocycles. The quantitative estimate of drug-likeness (QED) is 0.695. The molecule has 136 valence electrons. The summed E-state index contributed by atoms with van der Waals surface area (Å²) in [6.45, 7) is 1.42. The maximum atomic E-state index is 14.5. The lowest BCUT2D eigenvalue weighted by Crippen LogP contribution is -2.26. The first-order valence-corrected chi connectivity index (χ1v) is 7.97. The van der Waals surface area contributed by atoms with E-state index in [-0.39, 0.29) is 23.9 Å². The lowest BCUT2D eigenvalue weighted by atomic mass is 10.1. The SMILES string of the molecule is Cc1c(N)cnn(Cc2nc([C@@H](F)[C@@H](O)c3ccc(Cl)cc3)no2)c1=O. The number of aliphatic hydroxyl groups excluding tert-OH is 1. The first kappa shape index (κ1) is 18.0. The summed E-state index contributed by atoms with van der Waals surface area (Å²) in [7, 11) is 0. The van der Waals surface area contributed by atoms with E-state index in [2.05, 4.69) is 15.2 Å². The molecule has 0 saturated heterocycles. The molecule has 0 aliphatic carbocycles. The smallest absolute Gasteiger partial charge is 0.272 e. The molecule has 3 aromatic rings. The van der Waals surface area contributed by atoms with Crippen molar-refractivity contribution >= 4 is 17.3 Å². The Morgan fingerprint density at radius 1 is 1.38 bits per heavy atom. The Morgan fingerprint density at radius 2 is 2.08 bits per heavy atom. The van der Waals surface area contributed by atoms with Gasteiger partial charge < -0.3 is 15.4 Å². The van der Waals surface area contributed by atoms with Gasteiger partial charge in [-0.1, -0.05) is 28.9 Å². The number of hydrogen-bond acceptors (Lipinski definition) is 7. The lowest BCUT2D eigenvalue weighted by Gasteiger charge is -2.12. The summed E-state index contributed by atoms with van der Waals surface area (Å²) in [5, 5.41) is 18.0. The van der Waals surface area contributed by atoms with E-state index in [0.29, 0.717) is 16.1 Å². The molecule has 0 bridgehead atoms. The number of aromatic nitrogens is 4. The summed E-state index contributed by atoms with van der Waals surface area (Å²) in [5.74, 6) is -0.354. The highest BCUT2D eigenvalue weighted by Gasteiger charge is 2.27. The maximum Gasteiger partial charge on any atom is 0.272 e. The van der Waals surface area contributed by atoms with Crippen LogP contribution in [-0.2, 0) is 6.54 Å². The van der Waals surface area contributed by atoms with Crippen LogP contribution in [0.3, 0.4) is 0 Å². The average Bonchev–Trinajstić information content (AvgIpc) is 3.10. The summed E-state index contributed by atoms with van der Waals surface area (Å²) in [6, 6.07) is 6.08. The molecule has 0 radical (unpaired) electrons. The van der Waals surface area contributed by atoms with Gasteiger partial charge in [0.05, 0.1) is 11.9 Å². The molecule has 2 atom stereocenters. The van der Waals surface area contributed by atoms with Gasteiger partial charge in [-0.2, -0.15) is 10.1 Å². The summed E-state index contributed by atoms with van der Waals surface area (Å²) >= 11 is 5.77. The molecule has 26 heavy (non-hydrogen) atoms. The van der Waals surface area contributed by atoms with Gasteiger partial charge in [-0.05, 0) is 24.6 Å². The number of nitrogens with two attached hydrogens (primary N) is 1. The highest BCUT2D eigenvalue weighted by molar-refractivity contribution is 6.30. The molecule has 0 amide bonds. The number of hydrogen-bond donors (Lipinski definition) is 2. The molecule has 0 aliphatic rings. The molecule has 0 unspecified atom stereocenters. The predicted octanol–water partition coefficient (Wildman–Crippen LogP) is 1.96. The third kappa shape index (κ3) is 3.58. The second kappa shape index (κ2) is 7.22. The fourth-order valence-electron chi connectivity index (χ4n) is 2.25. The van der Waals surface area contributed by atoms with Crippen LogP contribution in [0.15, 0.2) is 39.8 Å². The Kier molecular flexibility index (Phi) is 5.01. The number of rotatable bonds is 5. The zero-order chi connectivity index (χ0) is 18.8. The average molecular weight is 380 g/mol. The molecule has 8 nitrogen and oxygen atoms in total. The Balaban J connectivity index is 1.78. The summed E-state index contributed by atoms with van der Waals surface area (Å²) in [6.07, 6.45) is -2.07. The number of aliphatic hydroxyl groups is 1.